The molecule has 0 spiro atoms. The molecule has 1 aliphatic rings. The van der Waals surface area contributed by atoms with Crippen molar-refractivity contribution in [2.24, 2.45) is 0 Å². The predicted molar refractivity (Wildman–Crippen MR) is 92.5 cm³/mol. The highest BCUT2D eigenvalue weighted by molar-refractivity contribution is 5.84. The van der Waals surface area contributed by atoms with Gasteiger partial charge in [-0.1, -0.05) is 24.3 Å². The lowest BCUT2D eigenvalue weighted by Gasteiger charge is -2.14. The molecule has 0 heterocycles. The number of nitrogens with two attached hydrogens (primary N) is 3. The second kappa shape index (κ2) is 4.53. The summed E-state index contributed by atoms with van der Waals surface area (Å²) in [5, 5.41) is 0. The van der Waals surface area contributed by atoms with E-state index in [1.165, 1.54) is 27.8 Å². The maximum absolute atomic E-state index is 5.98. The van der Waals surface area contributed by atoms with Crippen molar-refractivity contribution in [2.45, 2.75) is 5.92 Å². The Labute approximate surface area is 129 Å². The number of nitrogen functional groups attached to an aromatic ring is 3. The van der Waals surface area contributed by atoms with Crippen LogP contribution in [-0.2, 0) is 0 Å². The number of hydrogen-bond donors (Lipinski definition) is 3. The van der Waals surface area contributed by atoms with Crippen LogP contribution >= 0.6 is 0 Å². The van der Waals surface area contributed by atoms with Crippen LogP contribution < -0.4 is 17.2 Å². The molecule has 0 saturated carbocycles. The minimum absolute atomic E-state index is 0.201. The molecule has 6 N–H and O–H groups in total. The molecule has 22 heavy (non-hydrogen) atoms. The first kappa shape index (κ1) is 12.8. The zero-order valence-electron chi connectivity index (χ0n) is 12.1. The van der Waals surface area contributed by atoms with Crippen molar-refractivity contribution in [3.8, 4) is 11.1 Å². The van der Waals surface area contributed by atoms with Crippen LogP contribution in [-0.4, -0.2) is 0 Å². The van der Waals surface area contributed by atoms with Gasteiger partial charge in [0.1, 0.15) is 0 Å². The maximum atomic E-state index is 5.98. The Morgan fingerprint density at radius 3 is 1.50 bits per heavy atom. The van der Waals surface area contributed by atoms with Crippen LogP contribution in [0.1, 0.15) is 22.6 Å². The molecule has 108 valence electrons. The summed E-state index contributed by atoms with van der Waals surface area (Å²) in [6, 6.07) is 20.3. The van der Waals surface area contributed by atoms with Crippen LogP contribution in [0.4, 0.5) is 17.1 Å². The lowest BCUT2D eigenvalue weighted by Crippen LogP contribution is -2.00. The molecule has 0 saturated heterocycles. The summed E-state index contributed by atoms with van der Waals surface area (Å²) < 4.78 is 0. The summed E-state index contributed by atoms with van der Waals surface area (Å²) >= 11 is 0. The number of fused-ring (bicyclic) bond motifs is 3. The Morgan fingerprint density at radius 1 is 0.545 bits per heavy atom. The monoisotopic (exact) mass is 287 g/mol. The Bertz CT molecular complexity index is 815. The van der Waals surface area contributed by atoms with Crippen LogP contribution in [0.15, 0.2) is 60.7 Å². The number of anilines is 3. The fraction of sp³-hybridized carbons (Fsp3) is 0.0526. The highest BCUT2D eigenvalue weighted by atomic mass is 14.6. The van der Waals surface area contributed by atoms with E-state index in [0.717, 1.165) is 17.1 Å². The largest absolute Gasteiger partial charge is 0.399 e. The average molecular weight is 287 g/mol. The first-order chi connectivity index (χ1) is 10.6. The summed E-state index contributed by atoms with van der Waals surface area (Å²) in [6.07, 6.45) is 0. The predicted octanol–water partition coefficient (Wildman–Crippen LogP) is 3.59. The van der Waals surface area contributed by atoms with Gasteiger partial charge in [-0.3, -0.25) is 0 Å². The lowest BCUT2D eigenvalue weighted by molar-refractivity contribution is 1.02. The molecule has 3 heteroatoms. The van der Waals surface area contributed by atoms with Gasteiger partial charge in [0.2, 0.25) is 0 Å². The number of rotatable bonds is 1. The highest BCUT2D eigenvalue weighted by Gasteiger charge is 2.29. The van der Waals surface area contributed by atoms with Crippen molar-refractivity contribution in [3.05, 3.63) is 77.4 Å². The van der Waals surface area contributed by atoms with Crippen molar-refractivity contribution in [1.82, 2.24) is 0 Å². The maximum Gasteiger partial charge on any atom is 0.0352 e. The Hall–Kier alpha value is -2.94. The van der Waals surface area contributed by atoms with Crippen LogP contribution in [0.5, 0.6) is 0 Å². The van der Waals surface area contributed by atoms with E-state index >= 15 is 0 Å². The van der Waals surface area contributed by atoms with E-state index in [2.05, 4.69) is 24.3 Å². The summed E-state index contributed by atoms with van der Waals surface area (Å²) in [5.41, 5.74) is 26.2. The standard InChI is InChI=1S/C19H17N3/c20-12-3-1-11(2-4-12)19-15-7-5-13(21)9-17(15)18-10-14(22)6-8-16(18)19/h1-10,19H,20-22H2. The van der Waals surface area contributed by atoms with Crippen LogP contribution in [0.25, 0.3) is 11.1 Å². The molecule has 1 aliphatic carbocycles. The van der Waals surface area contributed by atoms with Crippen molar-refractivity contribution in [1.29, 1.82) is 0 Å². The van der Waals surface area contributed by atoms with Crippen LogP contribution in [0, 0.1) is 0 Å². The zero-order chi connectivity index (χ0) is 15.3. The third kappa shape index (κ3) is 1.83. The van der Waals surface area contributed by atoms with Gasteiger partial charge in [0.15, 0.2) is 0 Å². The minimum Gasteiger partial charge on any atom is -0.399 e. The van der Waals surface area contributed by atoms with Crippen molar-refractivity contribution in [2.75, 3.05) is 17.2 Å². The van der Waals surface area contributed by atoms with E-state index in [1.54, 1.807) is 0 Å². The third-order valence-electron chi connectivity index (χ3n) is 4.34. The zero-order valence-corrected chi connectivity index (χ0v) is 12.1. The van der Waals surface area contributed by atoms with Crippen LogP contribution in [0.3, 0.4) is 0 Å². The number of benzene rings is 3. The van der Waals surface area contributed by atoms with Gasteiger partial charge in [-0.05, 0) is 64.2 Å². The van der Waals surface area contributed by atoms with Gasteiger partial charge in [-0.15, -0.1) is 0 Å². The van der Waals surface area contributed by atoms with E-state index in [0.29, 0.717) is 0 Å². The van der Waals surface area contributed by atoms with Crippen molar-refractivity contribution < 1.29 is 0 Å². The Balaban J connectivity index is 1.99. The molecule has 0 radical (unpaired) electrons. The summed E-state index contributed by atoms with van der Waals surface area (Å²) in [4.78, 5) is 0. The molecule has 0 bridgehead atoms. The Morgan fingerprint density at radius 2 is 1.00 bits per heavy atom. The molecule has 0 unspecified atom stereocenters. The summed E-state index contributed by atoms with van der Waals surface area (Å²) in [6.45, 7) is 0. The first-order valence-electron chi connectivity index (χ1n) is 7.28. The van der Waals surface area contributed by atoms with Gasteiger partial charge in [0.25, 0.3) is 0 Å². The van der Waals surface area contributed by atoms with E-state index in [9.17, 15) is 0 Å². The molecule has 4 rings (SSSR count). The highest BCUT2D eigenvalue weighted by Crippen LogP contribution is 2.49. The molecule has 3 nitrogen and oxygen atoms in total. The molecular formula is C19H17N3. The average Bonchev–Trinajstić information content (AvgIpc) is 2.81. The molecule has 3 aromatic carbocycles. The van der Waals surface area contributed by atoms with Gasteiger partial charge in [0.05, 0.1) is 0 Å². The van der Waals surface area contributed by atoms with Gasteiger partial charge >= 0.3 is 0 Å². The second-order valence-electron chi connectivity index (χ2n) is 5.79. The molecule has 0 amide bonds. The quantitative estimate of drug-likeness (QED) is 0.468. The summed E-state index contributed by atoms with van der Waals surface area (Å²) in [7, 11) is 0. The van der Waals surface area contributed by atoms with Crippen molar-refractivity contribution in [3.63, 3.8) is 0 Å². The normalized spacial score (nSPS) is 12.9. The van der Waals surface area contributed by atoms with Gasteiger partial charge in [0, 0.05) is 23.0 Å². The topological polar surface area (TPSA) is 78.1 Å². The molecule has 0 atom stereocenters. The van der Waals surface area contributed by atoms with E-state index < -0.39 is 0 Å². The molecule has 0 fully saturated rings. The third-order valence-corrected chi connectivity index (χ3v) is 4.34. The fourth-order valence-electron chi connectivity index (χ4n) is 3.33. The molecule has 3 aromatic rings. The fourth-order valence-corrected chi connectivity index (χ4v) is 3.33. The van der Waals surface area contributed by atoms with Crippen LogP contribution in [0.2, 0.25) is 0 Å². The second-order valence-corrected chi connectivity index (χ2v) is 5.79. The van der Waals surface area contributed by atoms with Gasteiger partial charge in [-0.25, -0.2) is 0 Å². The molecule has 0 aromatic heterocycles. The number of hydrogen-bond acceptors (Lipinski definition) is 3. The lowest BCUT2D eigenvalue weighted by atomic mass is 9.89. The minimum atomic E-state index is 0.201. The SMILES string of the molecule is Nc1ccc(C2c3ccc(N)cc3-c3cc(N)ccc32)cc1. The summed E-state index contributed by atoms with van der Waals surface area (Å²) in [5.74, 6) is 0.201. The molecule has 0 aliphatic heterocycles. The molecular weight excluding hydrogens is 270 g/mol. The van der Waals surface area contributed by atoms with E-state index in [-0.39, 0.29) is 5.92 Å². The van der Waals surface area contributed by atoms with Crippen molar-refractivity contribution >= 4 is 17.1 Å². The Kier molecular flexibility index (Phi) is 2.63. The van der Waals surface area contributed by atoms with E-state index in [1.807, 2.05) is 36.4 Å². The first-order valence-corrected chi connectivity index (χ1v) is 7.28. The van der Waals surface area contributed by atoms with Gasteiger partial charge < -0.3 is 17.2 Å². The van der Waals surface area contributed by atoms with Gasteiger partial charge in [-0.2, -0.15) is 0 Å². The van der Waals surface area contributed by atoms with E-state index in [4.69, 9.17) is 17.2 Å². The smallest absolute Gasteiger partial charge is 0.0352 e.